The standard InChI is InChI=1S/C15H27NO4/c1-19-8-4-9-20-10-7-16-13-6-3-2-5-12(13)11-14(16)15(17)18/h12-14H,2-11H2,1H3,(H,17,18). The van der Waals surface area contributed by atoms with Crippen LogP contribution in [0.1, 0.15) is 38.5 Å². The van der Waals surface area contributed by atoms with Crippen LogP contribution in [0.4, 0.5) is 0 Å². The summed E-state index contributed by atoms with van der Waals surface area (Å²) in [5, 5.41) is 9.40. The number of nitrogens with zero attached hydrogens (tertiary/aromatic N) is 1. The zero-order chi connectivity index (χ0) is 14.4. The Morgan fingerprint density at radius 1 is 1.25 bits per heavy atom. The van der Waals surface area contributed by atoms with Gasteiger partial charge < -0.3 is 14.6 Å². The second-order valence-corrected chi connectivity index (χ2v) is 5.90. The van der Waals surface area contributed by atoms with Crippen molar-refractivity contribution in [3.8, 4) is 0 Å². The van der Waals surface area contributed by atoms with Gasteiger partial charge in [0.25, 0.3) is 0 Å². The van der Waals surface area contributed by atoms with E-state index in [-0.39, 0.29) is 6.04 Å². The number of ether oxygens (including phenoxy) is 2. The molecule has 2 aliphatic rings. The smallest absolute Gasteiger partial charge is 0.320 e. The largest absolute Gasteiger partial charge is 0.480 e. The van der Waals surface area contributed by atoms with Gasteiger partial charge in [-0.1, -0.05) is 12.8 Å². The third-order valence-corrected chi connectivity index (χ3v) is 4.64. The molecule has 0 amide bonds. The molecule has 3 unspecified atom stereocenters. The molecule has 0 aromatic carbocycles. The first kappa shape index (κ1) is 15.7. The molecule has 1 aliphatic heterocycles. The number of carboxylic acid groups (broad SMARTS) is 1. The first-order valence-corrected chi connectivity index (χ1v) is 7.79. The molecule has 20 heavy (non-hydrogen) atoms. The van der Waals surface area contributed by atoms with Crippen molar-refractivity contribution in [1.29, 1.82) is 0 Å². The normalized spacial score (nSPS) is 30.4. The van der Waals surface area contributed by atoms with E-state index in [1.165, 1.54) is 19.3 Å². The summed E-state index contributed by atoms with van der Waals surface area (Å²) in [7, 11) is 1.69. The molecular formula is C15H27NO4. The maximum absolute atomic E-state index is 11.4. The highest BCUT2D eigenvalue weighted by molar-refractivity contribution is 5.74. The van der Waals surface area contributed by atoms with Crippen molar-refractivity contribution in [2.24, 2.45) is 5.92 Å². The monoisotopic (exact) mass is 285 g/mol. The average molecular weight is 285 g/mol. The first-order chi connectivity index (χ1) is 9.74. The van der Waals surface area contributed by atoms with Crippen molar-refractivity contribution in [2.45, 2.75) is 50.6 Å². The molecule has 1 aliphatic carbocycles. The molecular weight excluding hydrogens is 258 g/mol. The topological polar surface area (TPSA) is 59.0 Å². The molecule has 3 atom stereocenters. The van der Waals surface area contributed by atoms with Gasteiger partial charge in [0.1, 0.15) is 6.04 Å². The van der Waals surface area contributed by atoms with Crippen LogP contribution in [0.25, 0.3) is 0 Å². The van der Waals surface area contributed by atoms with Crippen LogP contribution in [0, 0.1) is 5.92 Å². The maximum atomic E-state index is 11.4. The Labute approximate surface area is 121 Å². The van der Waals surface area contributed by atoms with Gasteiger partial charge in [-0.05, 0) is 31.6 Å². The Morgan fingerprint density at radius 3 is 2.80 bits per heavy atom. The van der Waals surface area contributed by atoms with Crippen LogP contribution >= 0.6 is 0 Å². The van der Waals surface area contributed by atoms with Crippen molar-refractivity contribution in [3.05, 3.63) is 0 Å². The number of fused-ring (bicyclic) bond motifs is 1. The van der Waals surface area contributed by atoms with Crippen molar-refractivity contribution in [2.75, 3.05) is 33.5 Å². The van der Waals surface area contributed by atoms with E-state index in [1.807, 2.05) is 0 Å². The quantitative estimate of drug-likeness (QED) is 0.689. The van der Waals surface area contributed by atoms with Gasteiger partial charge in [-0.3, -0.25) is 9.69 Å². The summed E-state index contributed by atoms with van der Waals surface area (Å²) in [4.78, 5) is 13.6. The number of carbonyl (C=O) groups is 1. The molecule has 0 aromatic heterocycles. The third kappa shape index (κ3) is 3.93. The van der Waals surface area contributed by atoms with E-state index in [1.54, 1.807) is 7.11 Å². The number of methoxy groups -OCH3 is 1. The molecule has 2 fully saturated rings. The molecule has 0 bridgehead atoms. The van der Waals surface area contributed by atoms with E-state index in [9.17, 15) is 9.90 Å². The molecule has 1 saturated heterocycles. The van der Waals surface area contributed by atoms with Gasteiger partial charge in [-0.15, -0.1) is 0 Å². The molecule has 5 nitrogen and oxygen atoms in total. The van der Waals surface area contributed by atoms with Gasteiger partial charge in [0.05, 0.1) is 6.61 Å². The average Bonchev–Trinajstić information content (AvgIpc) is 2.82. The van der Waals surface area contributed by atoms with E-state index in [2.05, 4.69) is 4.90 Å². The van der Waals surface area contributed by atoms with Gasteiger partial charge >= 0.3 is 5.97 Å². The lowest BCUT2D eigenvalue weighted by molar-refractivity contribution is -0.143. The van der Waals surface area contributed by atoms with Crippen LogP contribution in [-0.2, 0) is 14.3 Å². The summed E-state index contributed by atoms with van der Waals surface area (Å²) in [6.45, 7) is 2.77. The molecule has 0 radical (unpaired) electrons. The van der Waals surface area contributed by atoms with E-state index in [4.69, 9.17) is 9.47 Å². The zero-order valence-corrected chi connectivity index (χ0v) is 12.4. The number of aliphatic carboxylic acids is 1. The summed E-state index contributed by atoms with van der Waals surface area (Å²) in [5.74, 6) is -0.0860. The number of hydrogen-bond donors (Lipinski definition) is 1. The number of hydrogen-bond acceptors (Lipinski definition) is 4. The second kappa shape index (κ2) is 7.96. The molecule has 2 rings (SSSR count). The fourth-order valence-corrected chi connectivity index (χ4v) is 3.69. The molecule has 0 spiro atoms. The predicted molar refractivity (Wildman–Crippen MR) is 75.8 cm³/mol. The molecule has 116 valence electrons. The van der Waals surface area contributed by atoms with Gasteiger partial charge in [-0.25, -0.2) is 0 Å². The van der Waals surface area contributed by atoms with Crippen molar-refractivity contribution in [1.82, 2.24) is 4.90 Å². The minimum absolute atomic E-state index is 0.300. The number of rotatable bonds is 8. The first-order valence-electron chi connectivity index (χ1n) is 7.79. The lowest BCUT2D eigenvalue weighted by Gasteiger charge is -2.32. The Morgan fingerprint density at radius 2 is 2.05 bits per heavy atom. The summed E-state index contributed by atoms with van der Waals surface area (Å²) in [5.41, 5.74) is 0. The van der Waals surface area contributed by atoms with Gasteiger partial charge in [0.2, 0.25) is 0 Å². The van der Waals surface area contributed by atoms with Crippen LogP contribution in [0.5, 0.6) is 0 Å². The van der Waals surface area contributed by atoms with Crippen LogP contribution in [0.15, 0.2) is 0 Å². The van der Waals surface area contributed by atoms with Crippen molar-refractivity contribution in [3.63, 3.8) is 0 Å². The summed E-state index contributed by atoms with van der Waals surface area (Å²) >= 11 is 0. The second-order valence-electron chi connectivity index (χ2n) is 5.90. The fourth-order valence-electron chi connectivity index (χ4n) is 3.69. The van der Waals surface area contributed by atoms with Gasteiger partial charge in [0, 0.05) is 32.9 Å². The molecule has 5 heteroatoms. The Kier molecular flexibility index (Phi) is 6.26. The van der Waals surface area contributed by atoms with Gasteiger partial charge in [-0.2, -0.15) is 0 Å². The lowest BCUT2D eigenvalue weighted by atomic mass is 9.85. The van der Waals surface area contributed by atoms with E-state index >= 15 is 0 Å². The van der Waals surface area contributed by atoms with Crippen LogP contribution in [0.2, 0.25) is 0 Å². The molecule has 1 heterocycles. The van der Waals surface area contributed by atoms with E-state index in [0.717, 1.165) is 25.8 Å². The Hall–Kier alpha value is -0.650. The summed E-state index contributed by atoms with van der Waals surface area (Å²) in [6.07, 6.45) is 6.56. The highest BCUT2D eigenvalue weighted by Crippen LogP contribution is 2.39. The highest BCUT2D eigenvalue weighted by atomic mass is 16.5. The van der Waals surface area contributed by atoms with E-state index < -0.39 is 5.97 Å². The summed E-state index contributed by atoms with van der Waals surface area (Å²) in [6, 6.07) is 0.165. The number of likely N-dealkylation sites (tertiary alicyclic amines) is 1. The van der Waals surface area contributed by atoms with Crippen LogP contribution < -0.4 is 0 Å². The van der Waals surface area contributed by atoms with Crippen molar-refractivity contribution >= 4 is 5.97 Å². The lowest BCUT2D eigenvalue weighted by Crippen LogP contribution is -2.44. The highest BCUT2D eigenvalue weighted by Gasteiger charge is 2.44. The predicted octanol–water partition coefficient (Wildman–Crippen LogP) is 1.76. The fraction of sp³-hybridized carbons (Fsp3) is 0.933. The van der Waals surface area contributed by atoms with Crippen LogP contribution in [-0.4, -0.2) is 61.5 Å². The number of carboxylic acids is 1. The summed E-state index contributed by atoms with van der Waals surface area (Å²) < 4.78 is 10.6. The van der Waals surface area contributed by atoms with Crippen LogP contribution in [0.3, 0.4) is 0 Å². The Balaban J connectivity index is 1.78. The maximum Gasteiger partial charge on any atom is 0.320 e. The molecule has 1 N–H and O–H groups in total. The minimum Gasteiger partial charge on any atom is -0.480 e. The third-order valence-electron chi connectivity index (χ3n) is 4.64. The van der Waals surface area contributed by atoms with Gasteiger partial charge in [0.15, 0.2) is 0 Å². The van der Waals surface area contributed by atoms with Crippen molar-refractivity contribution < 1.29 is 19.4 Å². The Bertz CT molecular complexity index is 310. The molecule has 0 aromatic rings. The SMILES string of the molecule is COCCCOCCN1C(C(=O)O)CC2CCCCC21. The van der Waals surface area contributed by atoms with E-state index in [0.29, 0.717) is 31.8 Å². The minimum atomic E-state index is -0.668. The molecule has 1 saturated carbocycles. The zero-order valence-electron chi connectivity index (χ0n) is 12.4.